The molecule has 0 bridgehead atoms. The van der Waals surface area contributed by atoms with Gasteiger partial charge < -0.3 is 9.15 Å². The van der Waals surface area contributed by atoms with Crippen molar-refractivity contribution in [3.63, 3.8) is 0 Å². The highest BCUT2D eigenvalue weighted by Crippen LogP contribution is 2.52. The largest absolute Gasteiger partial charge is 0.461 e. The van der Waals surface area contributed by atoms with Crippen molar-refractivity contribution in [2.75, 3.05) is 0 Å². The lowest BCUT2D eigenvalue weighted by Gasteiger charge is -2.32. The second kappa shape index (κ2) is 11.3. The van der Waals surface area contributed by atoms with Gasteiger partial charge >= 0.3 is 0 Å². The van der Waals surface area contributed by atoms with Crippen LogP contribution in [-0.4, -0.2) is 0 Å². The summed E-state index contributed by atoms with van der Waals surface area (Å²) in [7, 11) is 0. The second-order valence-electron chi connectivity index (χ2n) is 15.8. The Morgan fingerprint density at radius 2 is 1.11 bits per heavy atom. The van der Waals surface area contributed by atoms with Crippen molar-refractivity contribution < 1.29 is 9.15 Å². The van der Waals surface area contributed by atoms with Gasteiger partial charge in [-0.25, -0.2) is 0 Å². The Morgan fingerprint density at radius 1 is 0.464 bits per heavy atom. The molecule has 262 valence electrons. The van der Waals surface area contributed by atoms with Crippen molar-refractivity contribution in [1.29, 1.82) is 0 Å². The maximum absolute atomic E-state index is 6.65. The summed E-state index contributed by atoms with van der Waals surface area (Å²) in [5.74, 6) is 3.39. The summed E-state index contributed by atoms with van der Waals surface area (Å²) in [6.45, 7) is 0. The van der Waals surface area contributed by atoms with E-state index in [1.165, 1.54) is 93.4 Å². The average Bonchev–Trinajstić information content (AvgIpc) is 3.81. The lowest BCUT2D eigenvalue weighted by molar-refractivity contribution is 0.425. The zero-order valence-corrected chi connectivity index (χ0v) is 30.6. The Kier molecular flexibility index (Phi) is 6.15. The van der Waals surface area contributed by atoms with E-state index >= 15 is 0 Å². The van der Waals surface area contributed by atoms with Crippen LogP contribution in [-0.2, 0) is 6.42 Å². The van der Waals surface area contributed by atoms with Gasteiger partial charge in [-0.1, -0.05) is 146 Å². The molecule has 4 aliphatic rings. The summed E-state index contributed by atoms with van der Waals surface area (Å²) in [4.78, 5) is 0. The Bertz CT molecular complexity index is 3260. The molecule has 0 amide bonds. The molecule has 2 heterocycles. The van der Waals surface area contributed by atoms with Gasteiger partial charge in [0.2, 0.25) is 0 Å². The highest BCUT2D eigenvalue weighted by Gasteiger charge is 2.36. The number of allylic oxidation sites excluding steroid dienone is 5. The zero-order valence-electron chi connectivity index (χ0n) is 30.6. The molecule has 0 spiro atoms. The van der Waals surface area contributed by atoms with Gasteiger partial charge in [-0.2, -0.15) is 0 Å². The summed E-state index contributed by atoms with van der Waals surface area (Å²) in [5.41, 5.74) is 15.1. The molecule has 56 heavy (non-hydrogen) atoms. The van der Waals surface area contributed by atoms with E-state index in [1.54, 1.807) is 0 Å². The molecule has 1 aliphatic heterocycles. The van der Waals surface area contributed by atoms with E-state index in [4.69, 9.17) is 9.15 Å². The number of rotatable bonds is 2. The van der Waals surface area contributed by atoms with E-state index < -0.39 is 0 Å². The van der Waals surface area contributed by atoms with E-state index in [0.29, 0.717) is 5.92 Å². The molecule has 3 aliphatic carbocycles. The van der Waals surface area contributed by atoms with E-state index in [1.807, 2.05) is 0 Å². The number of fused-ring (bicyclic) bond motifs is 18. The van der Waals surface area contributed by atoms with Gasteiger partial charge in [0.1, 0.15) is 22.9 Å². The molecule has 0 saturated heterocycles. The maximum atomic E-state index is 6.65. The topological polar surface area (TPSA) is 22.4 Å². The minimum absolute atomic E-state index is 0.177. The van der Waals surface area contributed by atoms with Crippen LogP contribution in [0.5, 0.6) is 5.75 Å². The lowest BCUT2D eigenvalue weighted by atomic mass is 9.71. The molecule has 2 heteroatoms. The molecular formula is C54H34O2. The fraction of sp³-hybridized carbons (Fsp3) is 0.0741. The van der Waals surface area contributed by atoms with Gasteiger partial charge in [-0.05, 0) is 113 Å². The summed E-state index contributed by atoms with van der Waals surface area (Å²) in [6.07, 6.45) is 8.82. The number of ether oxygens (including phenoxy) is 1. The molecule has 2 unspecified atom stereocenters. The predicted octanol–water partition coefficient (Wildman–Crippen LogP) is 14.3. The van der Waals surface area contributed by atoms with Crippen LogP contribution in [0, 0.1) is 0 Å². The third kappa shape index (κ3) is 4.27. The number of hydrogen-bond donors (Lipinski definition) is 0. The molecule has 9 aromatic rings. The van der Waals surface area contributed by atoms with Gasteiger partial charge in [-0.15, -0.1) is 0 Å². The van der Waals surface area contributed by atoms with Crippen LogP contribution >= 0.6 is 0 Å². The normalized spacial score (nSPS) is 17.6. The van der Waals surface area contributed by atoms with E-state index in [0.717, 1.165) is 41.3 Å². The fourth-order valence-corrected chi connectivity index (χ4v) is 10.4. The summed E-state index contributed by atoms with van der Waals surface area (Å²) < 4.78 is 13.3. The van der Waals surface area contributed by atoms with Crippen LogP contribution in [0.1, 0.15) is 51.8 Å². The van der Waals surface area contributed by atoms with Crippen molar-refractivity contribution in [2.24, 2.45) is 0 Å². The summed E-state index contributed by atoms with van der Waals surface area (Å²) in [5, 5.41) is 8.92. The van der Waals surface area contributed by atoms with Crippen molar-refractivity contribution in [3.05, 3.63) is 203 Å². The van der Waals surface area contributed by atoms with Crippen molar-refractivity contribution in [2.45, 2.75) is 24.7 Å². The number of hydrogen-bond acceptors (Lipinski definition) is 2. The zero-order chi connectivity index (χ0) is 36.5. The third-order valence-electron chi connectivity index (χ3n) is 13.0. The predicted molar refractivity (Wildman–Crippen MR) is 231 cm³/mol. The smallest absolute Gasteiger partial charge is 0.135 e. The van der Waals surface area contributed by atoms with Gasteiger partial charge in [0.25, 0.3) is 0 Å². The molecule has 0 radical (unpaired) electrons. The second-order valence-corrected chi connectivity index (χ2v) is 15.8. The Labute approximate surface area is 324 Å². The van der Waals surface area contributed by atoms with Crippen LogP contribution in [0.3, 0.4) is 0 Å². The van der Waals surface area contributed by atoms with Crippen molar-refractivity contribution >= 4 is 60.5 Å². The van der Waals surface area contributed by atoms with Crippen LogP contribution in [0.15, 0.2) is 174 Å². The van der Waals surface area contributed by atoms with E-state index in [-0.39, 0.29) is 5.92 Å². The number of furan rings is 1. The van der Waals surface area contributed by atoms with Crippen LogP contribution in [0.4, 0.5) is 0 Å². The van der Waals surface area contributed by atoms with E-state index in [9.17, 15) is 0 Å². The van der Waals surface area contributed by atoms with Crippen LogP contribution in [0.2, 0.25) is 0 Å². The fourth-order valence-electron chi connectivity index (χ4n) is 10.4. The maximum Gasteiger partial charge on any atom is 0.135 e. The molecule has 0 N–H and O–H groups in total. The summed E-state index contributed by atoms with van der Waals surface area (Å²) in [6, 6.07) is 55.8. The Morgan fingerprint density at radius 3 is 1.93 bits per heavy atom. The SMILES string of the molecule is C1=C(c2ccc3c4c(oc3c2)C=C2Oc3cc(-c5ccc6c7ccccc7c7ccccc7c6c5)ccc3C2C4)C=C2c3ccccc3-c3ccccc3C2C1. The van der Waals surface area contributed by atoms with Gasteiger partial charge in [0.15, 0.2) is 0 Å². The van der Waals surface area contributed by atoms with Gasteiger partial charge in [0.05, 0.1) is 5.92 Å². The summed E-state index contributed by atoms with van der Waals surface area (Å²) >= 11 is 0. The van der Waals surface area contributed by atoms with Gasteiger partial charge in [0, 0.05) is 28.5 Å². The van der Waals surface area contributed by atoms with Crippen molar-refractivity contribution in [3.8, 4) is 28.0 Å². The van der Waals surface area contributed by atoms with E-state index in [2.05, 4.69) is 170 Å². The van der Waals surface area contributed by atoms with Gasteiger partial charge in [-0.3, -0.25) is 0 Å². The first kappa shape index (κ1) is 30.4. The minimum atomic E-state index is 0.177. The molecule has 0 saturated carbocycles. The van der Waals surface area contributed by atoms with Crippen molar-refractivity contribution in [1.82, 2.24) is 0 Å². The first-order valence-electron chi connectivity index (χ1n) is 19.8. The highest BCUT2D eigenvalue weighted by atomic mass is 16.5. The lowest BCUT2D eigenvalue weighted by Crippen LogP contribution is -2.12. The monoisotopic (exact) mass is 714 g/mol. The molecule has 2 atom stereocenters. The number of benzene rings is 8. The molecule has 8 aromatic carbocycles. The highest BCUT2D eigenvalue weighted by molar-refractivity contribution is 6.25. The minimum Gasteiger partial charge on any atom is -0.461 e. The molecule has 2 nitrogen and oxygen atoms in total. The van der Waals surface area contributed by atoms with Crippen LogP contribution < -0.4 is 4.74 Å². The standard InChI is InChI=1S/C54H34O2/c1-3-13-39-35(9-1)37-11-5-7-15-41(37)47-25-31(17-21-43(39)47)33-19-23-45-49-29-50-46-24-20-34(28-52(46)56-54(50)30-53(49)55-51(45)27-33)32-18-22-44-40-14-4-2-10-36(40)38-12-6-8-16-42(38)48(44)26-32/h1-21,23-28,30,44,49H,22,29H2. The Hall–Kier alpha value is -6.90. The first-order valence-corrected chi connectivity index (χ1v) is 19.8. The molecule has 13 rings (SSSR count). The third-order valence-corrected chi connectivity index (χ3v) is 13.0. The van der Waals surface area contributed by atoms with Crippen LogP contribution in [0.25, 0.3) is 82.8 Å². The first-order chi connectivity index (χ1) is 27.7. The molecule has 1 aromatic heterocycles. The quantitative estimate of drug-likeness (QED) is 0.166. The molecular weight excluding hydrogens is 681 g/mol. The Balaban J connectivity index is 0.827. The average molecular weight is 715 g/mol. The molecule has 0 fully saturated rings.